The average molecular weight is 591 g/mol. The summed E-state index contributed by atoms with van der Waals surface area (Å²) in [6.45, 7) is 2.02. The molecule has 0 bridgehead atoms. The molecule has 0 unspecified atom stereocenters. The number of pyridine rings is 1. The molecule has 0 atom stereocenters. The summed E-state index contributed by atoms with van der Waals surface area (Å²) < 4.78 is 0. The molecule has 0 radical (unpaired) electrons. The van der Waals surface area contributed by atoms with Gasteiger partial charge in [0.05, 0.1) is 28.5 Å². The molecule has 3 N–H and O–H groups in total. The van der Waals surface area contributed by atoms with Crippen molar-refractivity contribution in [2.75, 3.05) is 30.9 Å². The maximum Gasteiger partial charge on any atom is 0.251 e. The molecule has 0 fully saturated rings. The fourth-order valence-corrected chi connectivity index (χ4v) is 4.74. The molecule has 10 heteroatoms. The number of para-hydroxylation sites is 1. The van der Waals surface area contributed by atoms with E-state index in [1.165, 1.54) is 11.0 Å². The third-order valence-electron chi connectivity index (χ3n) is 6.46. The lowest BCUT2D eigenvalue weighted by atomic mass is 10.1. The normalized spacial score (nSPS) is 11.0. The highest BCUT2D eigenvalue weighted by Gasteiger charge is 2.19. The van der Waals surface area contributed by atoms with Crippen molar-refractivity contribution in [2.45, 2.75) is 13.5 Å². The van der Waals surface area contributed by atoms with Crippen LogP contribution in [0.1, 0.15) is 27.2 Å². The number of nitrogens with zero attached hydrogens (tertiary/aromatic N) is 2. The molecule has 3 amide bonds. The van der Waals surface area contributed by atoms with Crippen LogP contribution in [0.5, 0.6) is 0 Å². The van der Waals surface area contributed by atoms with Gasteiger partial charge in [-0.3, -0.25) is 19.4 Å². The number of carbonyl (C=O) groups excluding carboxylic acids is 3. The summed E-state index contributed by atoms with van der Waals surface area (Å²) in [5.74, 6) is -0.992. The van der Waals surface area contributed by atoms with Crippen molar-refractivity contribution in [3.8, 4) is 0 Å². The predicted octanol–water partition coefficient (Wildman–Crippen LogP) is 5.61. The monoisotopic (exact) mass is 589 g/mol. The van der Waals surface area contributed by atoms with Crippen molar-refractivity contribution in [3.63, 3.8) is 0 Å². The van der Waals surface area contributed by atoms with Gasteiger partial charge in [-0.1, -0.05) is 53.5 Å². The number of fused-ring (bicyclic) bond motifs is 1. The van der Waals surface area contributed by atoms with Gasteiger partial charge in [0.15, 0.2) is 0 Å². The van der Waals surface area contributed by atoms with Gasteiger partial charge in [0.1, 0.15) is 0 Å². The fourth-order valence-electron chi connectivity index (χ4n) is 4.11. The minimum Gasteiger partial charge on any atom is -0.379 e. The van der Waals surface area contributed by atoms with Crippen LogP contribution in [0.3, 0.4) is 0 Å². The first kappa shape index (κ1) is 29.6. The van der Waals surface area contributed by atoms with E-state index in [2.05, 4.69) is 20.9 Å². The number of hydrogen-bond donors (Lipinski definition) is 3. The van der Waals surface area contributed by atoms with Crippen LogP contribution in [0, 0.1) is 6.92 Å². The lowest BCUT2D eigenvalue weighted by molar-refractivity contribution is -0.122. The predicted molar refractivity (Wildman–Crippen MR) is 166 cm³/mol. The summed E-state index contributed by atoms with van der Waals surface area (Å²) in [6.07, 6.45) is 2.92. The van der Waals surface area contributed by atoms with Crippen molar-refractivity contribution in [1.82, 2.24) is 15.6 Å². The van der Waals surface area contributed by atoms with Crippen LogP contribution >= 0.6 is 23.2 Å². The number of anilines is 2. The second kappa shape index (κ2) is 13.3. The Labute approximate surface area is 248 Å². The number of carbonyl (C=O) groups is 3. The quantitative estimate of drug-likeness (QED) is 0.220. The summed E-state index contributed by atoms with van der Waals surface area (Å²) >= 11 is 13.2. The standard InChI is InChI=1S/C31H29Cl2N5O3/c1-19-7-11-21-5-4-6-25(30(21)37-19)35-17-23-24(32)14-15-26(29(23)33)38(3)28(40)18-36-27(39)16-10-20-8-12-22(13-9-20)31(41)34-2/h4-16,35H,17-18H2,1-3H3,(H,34,41)(H,36,39)/b16-10+. The van der Waals surface area contributed by atoms with Gasteiger partial charge in [-0.2, -0.15) is 0 Å². The molecule has 0 saturated heterocycles. The van der Waals surface area contributed by atoms with E-state index in [0.29, 0.717) is 33.4 Å². The Kier molecular flexibility index (Phi) is 9.60. The third kappa shape index (κ3) is 7.22. The summed E-state index contributed by atoms with van der Waals surface area (Å²) in [4.78, 5) is 42.9. The van der Waals surface area contributed by atoms with Gasteiger partial charge in [0.25, 0.3) is 5.91 Å². The maximum atomic E-state index is 12.9. The first-order valence-corrected chi connectivity index (χ1v) is 13.5. The largest absolute Gasteiger partial charge is 0.379 e. The van der Waals surface area contributed by atoms with E-state index in [0.717, 1.165) is 27.8 Å². The molecular weight excluding hydrogens is 561 g/mol. The number of hydrogen-bond acceptors (Lipinski definition) is 5. The average Bonchev–Trinajstić information content (AvgIpc) is 2.98. The number of aryl methyl sites for hydroxylation is 1. The molecule has 41 heavy (non-hydrogen) atoms. The minimum atomic E-state index is -0.437. The Balaban J connectivity index is 1.39. The number of benzene rings is 3. The molecule has 1 heterocycles. The van der Waals surface area contributed by atoms with Crippen molar-refractivity contribution >= 4 is 69.3 Å². The zero-order valence-electron chi connectivity index (χ0n) is 22.8. The van der Waals surface area contributed by atoms with Crippen LogP contribution in [0.2, 0.25) is 10.0 Å². The lowest BCUT2D eigenvalue weighted by Gasteiger charge is -2.21. The molecule has 210 valence electrons. The zero-order valence-corrected chi connectivity index (χ0v) is 24.3. The van der Waals surface area contributed by atoms with Crippen LogP contribution < -0.4 is 20.9 Å². The van der Waals surface area contributed by atoms with E-state index in [-0.39, 0.29) is 18.4 Å². The summed E-state index contributed by atoms with van der Waals surface area (Å²) in [5.41, 5.74) is 4.93. The Morgan fingerprint density at radius 3 is 2.46 bits per heavy atom. The number of halogens is 2. The molecule has 0 aliphatic rings. The van der Waals surface area contributed by atoms with Crippen LogP contribution in [0.25, 0.3) is 17.0 Å². The van der Waals surface area contributed by atoms with Crippen LogP contribution in [0.15, 0.2) is 72.8 Å². The van der Waals surface area contributed by atoms with Crippen molar-refractivity contribution in [2.24, 2.45) is 0 Å². The summed E-state index contributed by atoms with van der Waals surface area (Å²) in [5, 5.41) is 10.3. The number of likely N-dealkylation sites (N-methyl/N-ethyl adjacent to an activating group) is 1. The Morgan fingerprint density at radius 2 is 1.73 bits per heavy atom. The SMILES string of the molecule is CNC(=O)c1ccc(/C=C/C(=O)NCC(=O)N(C)c2ccc(Cl)c(CNc3cccc4ccc(C)nc34)c2Cl)cc1. The van der Waals surface area contributed by atoms with Gasteiger partial charge in [0.2, 0.25) is 11.8 Å². The molecule has 8 nitrogen and oxygen atoms in total. The van der Waals surface area contributed by atoms with Crippen molar-refractivity contribution < 1.29 is 14.4 Å². The summed E-state index contributed by atoms with van der Waals surface area (Å²) in [6, 6.07) is 20.0. The lowest BCUT2D eigenvalue weighted by Crippen LogP contribution is -2.37. The molecule has 0 aliphatic heterocycles. The summed E-state index contributed by atoms with van der Waals surface area (Å²) in [7, 11) is 3.14. The highest BCUT2D eigenvalue weighted by Crippen LogP contribution is 2.34. The van der Waals surface area contributed by atoms with Crippen molar-refractivity contribution in [1.29, 1.82) is 0 Å². The van der Waals surface area contributed by atoms with E-state index < -0.39 is 5.91 Å². The molecule has 1 aromatic heterocycles. The minimum absolute atomic E-state index is 0.192. The third-order valence-corrected chi connectivity index (χ3v) is 7.23. The van der Waals surface area contributed by atoms with Crippen LogP contribution in [-0.2, 0) is 16.1 Å². The molecular formula is C31H29Cl2N5O3. The zero-order chi connectivity index (χ0) is 29.5. The Hall–Kier alpha value is -4.40. The highest BCUT2D eigenvalue weighted by atomic mass is 35.5. The fraction of sp³-hybridized carbons (Fsp3) is 0.161. The van der Waals surface area contributed by atoms with Gasteiger partial charge in [-0.15, -0.1) is 0 Å². The van der Waals surface area contributed by atoms with Gasteiger partial charge in [-0.25, -0.2) is 0 Å². The van der Waals surface area contributed by atoms with Crippen molar-refractivity contribution in [3.05, 3.63) is 105 Å². The second-order valence-electron chi connectivity index (χ2n) is 9.25. The van der Waals surface area contributed by atoms with Gasteiger partial charge < -0.3 is 20.9 Å². The first-order chi connectivity index (χ1) is 19.7. The second-order valence-corrected chi connectivity index (χ2v) is 10.0. The molecule has 3 aromatic carbocycles. The highest BCUT2D eigenvalue weighted by molar-refractivity contribution is 6.38. The van der Waals surface area contributed by atoms with E-state index in [1.54, 1.807) is 56.6 Å². The van der Waals surface area contributed by atoms with Crippen LogP contribution in [0.4, 0.5) is 11.4 Å². The molecule has 4 rings (SSSR count). The van der Waals surface area contributed by atoms with Gasteiger partial charge in [0, 0.05) is 53.9 Å². The topological polar surface area (TPSA) is 103 Å². The first-order valence-electron chi connectivity index (χ1n) is 12.8. The maximum absolute atomic E-state index is 12.9. The molecule has 0 saturated carbocycles. The molecule has 0 spiro atoms. The van der Waals surface area contributed by atoms with Gasteiger partial charge in [-0.05, 0) is 55.0 Å². The smallest absolute Gasteiger partial charge is 0.251 e. The number of rotatable bonds is 9. The van der Waals surface area contributed by atoms with E-state index in [4.69, 9.17) is 23.2 Å². The molecule has 0 aliphatic carbocycles. The van der Waals surface area contributed by atoms with Crippen LogP contribution in [-0.4, -0.2) is 43.3 Å². The number of amides is 3. The van der Waals surface area contributed by atoms with Gasteiger partial charge >= 0.3 is 0 Å². The number of aromatic nitrogens is 1. The molecule has 4 aromatic rings. The number of nitrogens with one attached hydrogen (secondary N) is 3. The van der Waals surface area contributed by atoms with E-state index >= 15 is 0 Å². The Morgan fingerprint density at radius 1 is 0.976 bits per heavy atom. The van der Waals surface area contributed by atoms with E-state index in [1.807, 2.05) is 37.3 Å². The van der Waals surface area contributed by atoms with E-state index in [9.17, 15) is 14.4 Å². The Bertz CT molecular complexity index is 1640.